The van der Waals surface area contributed by atoms with E-state index in [1.54, 1.807) is 7.11 Å². The number of fused-ring (bicyclic) bond motifs is 1. The number of aromatic nitrogens is 5. The summed E-state index contributed by atoms with van der Waals surface area (Å²) in [7, 11) is 1.65. The molecule has 0 aliphatic carbocycles. The average molecular weight is 483 g/mol. The maximum atomic E-state index is 13.1. The van der Waals surface area contributed by atoms with Gasteiger partial charge < -0.3 is 14.5 Å². The van der Waals surface area contributed by atoms with Gasteiger partial charge in [-0.1, -0.05) is 20.8 Å². The number of aromatic amines is 1. The number of hydrogen-bond donors (Lipinski definition) is 1. The number of tetrazole rings is 1. The van der Waals surface area contributed by atoms with E-state index in [1.165, 1.54) is 0 Å². The molecule has 0 spiro atoms. The second-order valence-electron chi connectivity index (χ2n) is 10.4. The van der Waals surface area contributed by atoms with Crippen LogP contribution in [0.4, 0.5) is 0 Å². The molecule has 9 nitrogen and oxygen atoms in total. The number of H-pyrrole nitrogens is 1. The summed E-state index contributed by atoms with van der Waals surface area (Å²) < 4.78 is 13.4. The zero-order valence-corrected chi connectivity index (χ0v) is 21.7. The van der Waals surface area contributed by atoms with Crippen molar-refractivity contribution in [1.29, 1.82) is 0 Å². The third-order valence-corrected chi connectivity index (χ3v) is 7.19. The lowest BCUT2D eigenvalue weighted by molar-refractivity contribution is 0.0368. The molecule has 0 saturated carbocycles. The van der Waals surface area contributed by atoms with Gasteiger partial charge in [0.1, 0.15) is 5.75 Å². The van der Waals surface area contributed by atoms with Crippen LogP contribution in [0.2, 0.25) is 0 Å². The van der Waals surface area contributed by atoms with Crippen LogP contribution in [0.3, 0.4) is 0 Å². The number of nitrogens with zero attached hydrogens (tertiary/aromatic N) is 5. The zero-order chi connectivity index (χ0) is 25.2. The second kappa shape index (κ2) is 10.5. The van der Waals surface area contributed by atoms with Gasteiger partial charge in [-0.05, 0) is 73.7 Å². The van der Waals surface area contributed by atoms with Crippen molar-refractivity contribution >= 4 is 10.9 Å². The van der Waals surface area contributed by atoms with E-state index in [9.17, 15) is 4.79 Å². The molecule has 0 unspecified atom stereocenters. The smallest absolute Gasteiger partial charge is 0.252 e. The first-order valence-corrected chi connectivity index (χ1v) is 12.6. The van der Waals surface area contributed by atoms with Crippen molar-refractivity contribution in [2.24, 2.45) is 5.92 Å². The lowest BCUT2D eigenvalue weighted by Crippen LogP contribution is -2.41. The van der Waals surface area contributed by atoms with E-state index >= 15 is 0 Å². The van der Waals surface area contributed by atoms with Crippen LogP contribution in [0.25, 0.3) is 10.9 Å². The number of hydrogen-bond acceptors (Lipinski definition) is 7. The Labute approximate surface area is 206 Å². The predicted molar refractivity (Wildman–Crippen MR) is 136 cm³/mol. The Morgan fingerprint density at radius 3 is 2.77 bits per heavy atom. The fourth-order valence-corrected chi connectivity index (χ4v) is 4.86. The SMILES string of the molecule is CCC(C)(C)n1nnnc1[C@@H](C(C)C)N(Cc1cc2cc(OC)ccc2[nH]c1=O)C[C@H]1CCCO1. The lowest BCUT2D eigenvalue weighted by Gasteiger charge is -2.36. The van der Waals surface area contributed by atoms with E-state index in [-0.39, 0.29) is 29.2 Å². The number of ether oxygens (including phenoxy) is 2. The normalized spacial score (nSPS) is 17.5. The summed E-state index contributed by atoms with van der Waals surface area (Å²) >= 11 is 0. The van der Waals surface area contributed by atoms with Crippen molar-refractivity contribution < 1.29 is 9.47 Å². The van der Waals surface area contributed by atoms with Crippen LogP contribution in [0.1, 0.15) is 71.3 Å². The molecule has 9 heteroatoms. The third kappa shape index (κ3) is 5.41. The fraction of sp³-hybridized carbons (Fsp3) is 0.615. The highest BCUT2D eigenvalue weighted by Crippen LogP contribution is 2.33. The molecule has 2 aromatic heterocycles. The number of pyridine rings is 1. The molecular weight excluding hydrogens is 444 g/mol. The Hall–Kier alpha value is -2.78. The highest BCUT2D eigenvalue weighted by atomic mass is 16.5. The van der Waals surface area contributed by atoms with Crippen LogP contribution in [-0.4, -0.2) is 56.5 Å². The van der Waals surface area contributed by atoms with Gasteiger partial charge in [0.2, 0.25) is 0 Å². The van der Waals surface area contributed by atoms with Crippen molar-refractivity contribution in [2.45, 2.75) is 78.1 Å². The Morgan fingerprint density at radius 1 is 1.31 bits per heavy atom. The molecule has 4 rings (SSSR count). The van der Waals surface area contributed by atoms with Gasteiger partial charge in [-0.2, -0.15) is 0 Å². The van der Waals surface area contributed by atoms with Crippen molar-refractivity contribution in [3.63, 3.8) is 0 Å². The lowest BCUT2D eigenvalue weighted by atomic mass is 9.97. The Balaban J connectivity index is 1.76. The fourth-order valence-electron chi connectivity index (χ4n) is 4.86. The molecule has 1 aliphatic heterocycles. The van der Waals surface area contributed by atoms with E-state index < -0.39 is 0 Å². The molecule has 0 amide bonds. The van der Waals surface area contributed by atoms with Crippen LogP contribution in [0.5, 0.6) is 5.75 Å². The highest BCUT2D eigenvalue weighted by Gasteiger charge is 2.35. The van der Waals surface area contributed by atoms with Crippen molar-refractivity contribution in [2.75, 3.05) is 20.3 Å². The van der Waals surface area contributed by atoms with Gasteiger partial charge in [-0.3, -0.25) is 9.69 Å². The third-order valence-electron chi connectivity index (χ3n) is 7.19. The minimum Gasteiger partial charge on any atom is -0.497 e. The summed E-state index contributed by atoms with van der Waals surface area (Å²) in [4.78, 5) is 18.5. The van der Waals surface area contributed by atoms with E-state index in [1.807, 2.05) is 28.9 Å². The summed E-state index contributed by atoms with van der Waals surface area (Å²) in [5.41, 5.74) is 1.18. The predicted octanol–water partition coefficient (Wildman–Crippen LogP) is 4.05. The zero-order valence-electron chi connectivity index (χ0n) is 21.7. The minimum absolute atomic E-state index is 0.0829. The van der Waals surface area contributed by atoms with Gasteiger partial charge in [0, 0.05) is 36.2 Å². The minimum atomic E-state index is -0.224. The van der Waals surface area contributed by atoms with Crippen molar-refractivity contribution in [1.82, 2.24) is 30.1 Å². The van der Waals surface area contributed by atoms with E-state index in [0.717, 1.165) is 48.3 Å². The topological polar surface area (TPSA) is 98.2 Å². The highest BCUT2D eigenvalue weighted by molar-refractivity contribution is 5.80. The van der Waals surface area contributed by atoms with E-state index in [4.69, 9.17) is 9.47 Å². The van der Waals surface area contributed by atoms with Gasteiger partial charge in [-0.25, -0.2) is 4.68 Å². The molecule has 1 aromatic carbocycles. The molecular formula is C26H38N6O3. The molecule has 2 atom stereocenters. The first kappa shape index (κ1) is 25.3. The summed E-state index contributed by atoms with van der Waals surface area (Å²) in [5, 5.41) is 13.9. The largest absolute Gasteiger partial charge is 0.497 e. The molecule has 1 fully saturated rings. The van der Waals surface area contributed by atoms with Gasteiger partial charge >= 0.3 is 0 Å². The first-order chi connectivity index (χ1) is 16.7. The van der Waals surface area contributed by atoms with Crippen LogP contribution in [0.15, 0.2) is 29.1 Å². The van der Waals surface area contributed by atoms with Crippen molar-refractivity contribution in [3.8, 4) is 5.75 Å². The van der Waals surface area contributed by atoms with E-state index in [0.29, 0.717) is 18.7 Å². The molecule has 0 radical (unpaired) electrons. The maximum absolute atomic E-state index is 13.1. The van der Waals surface area contributed by atoms with Gasteiger partial charge in [-0.15, -0.1) is 5.10 Å². The molecule has 0 bridgehead atoms. The van der Waals surface area contributed by atoms with Gasteiger partial charge in [0.15, 0.2) is 5.82 Å². The summed E-state index contributed by atoms with van der Waals surface area (Å²) in [6.07, 6.45) is 3.09. The Kier molecular flexibility index (Phi) is 7.56. The van der Waals surface area contributed by atoms with Gasteiger partial charge in [0.25, 0.3) is 5.56 Å². The maximum Gasteiger partial charge on any atom is 0.252 e. The summed E-state index contributed by atoms with van der Waals surface area (Å²) in [5.74, 6) is 1.80. The molecule has 3 aromatic rings. The first-order valence-electron chi connectivity index (χ1n) is 12.6. The molecule has 1 aliphatic rings. The Bertz CT molecular complexity index is 1200. The molecule has 190 valence electrons. The summed E-state index contributed by atoms with van der Waals surface area (Å²) in [6, 6.07) is 7.56. The van der Waals surface area contributed by atoms with Crippen LogP contribution in [0, 0.1) is 5.92 Å². The van der Waals surface area contributed by atoms with Crippen LogP contribution in [-0.2, 0) is 16.8 Å². The van der Waals surface area contributed by atoms with E-state index in [2.05, 4.69) is 60.0 Å². The number of benzene rings is 1. The standard InChI is InChI=1S/C26H38N6O3/c1-7-26(4,5)32-24(28-29-30-32)23(17(2)3)31(16-21-9-8-12-35-21)15-19-13-18-14-20(34-6)10-11-22(18)27-25(19)33/h10-11,13-14,17,21,23H,7-9,12,15-16H2,1-6H3,(H,27,33)/t21-,23-/m1/s1. The van der Waals surface area contributed by atoms with Crippen molar-refractivity contribution in [3.05, 3.63) is 46.0 Å². The number of methoxy groups -OCH3 is 1. The summed E-state index contributed by atoms with van der Waals surface area (Å²) in [6.45, 7) is 12.8. The molecule has 3 heterocycles. The Morgan fingerprint density at radius 2 is 2.11 bits per heavy atom. The average Bonchev–Trinajstić information content (AvgIpc) is 3.52. The number of rotatable bonds is 10. The second-order valence-corrected chi connectivity index (χ2v) is 10.4. The number of nitrogens with one attached hydrogen (secondary N) is 1. The van der Waals surface area contributed by atoms with Crippen LogP contribution >= 0.6 is 0 Å². The quantitative estimate of drug-likeness (QED) is 0.465. The monoisotopic (exact) mass is 482 g/mol. The van der Waals surface area contributed by atoms with Gasteiger partial charge in [0.05, 0.1) is 24.8 Å². The molecule has 1 saturated heterocycles. The van der Waals surface area contributed by atoms with Crippen LogP contribution < -0.4 is 10.3 Å². The molecule has 1 N–H and O–H groups in total. The molecule has 35 heavy (non-hydrogen) atoms.